The molecule has 1 saturated heterocycles. The third-order valence-corrected chi connectivity index (χ3v) is 5.02. The fraction of sp³-hybridized carbons (Fsp3) is 0.412. The lowest BCUT2D eigenvalue weighted by atomic mass is 10.00. The van der Waals surface area contributed by atoms with Crippen LogP contribution in [0, 0.1) is 5.92 Å². The zero-order valence-corrected chi connectivity index (χ0v) is 16.5. The van der Waals surface area contributed by atoms with Gasteiger partial charge in [-0.05, 0) is 18.8 Å². The number of aromatic nitrogens is 1. The number of likely N-dealkylation sites (tertiary alicyclic amines) is 1. The van der Waals surface area contributed by atoms with Crippen molar-refractivity contribution in [2.45, 2.75) is 26.3 Å². The highest BCUT2D eigenvalue weighted by molar-refractivity contribution is 14.0. The molecule has 2 heterocycles. The van der Waals surface area contributed by atoms with Gasteiger partial charge in [0.1, 0.15) is 5.01 Å². The van der Waals surface area contributed by atoms with Crippen LogP contribution in [0.3, 0.4) is 0 Å². The van der Waals surface area contributed by atoms with Crippen molar-refractivity contribution in [2.24, 2.45) is 16.6 Å². The van der Waals surface area contributed by atoms with E-state index in [1.165, 1.54) is 12.8 Å². The SMILES string of the molecule is CC1CCN(C(N)=NCc2csc(-c3ccccc3)n2)CC1.I. The van der Waals surface area contributed by atoms with Crippen LogP contribution in [0.1, 0.15) is 25.5 Å². The van der Waals surface area contributed by atoms with Gasteiger partial charge in [0.2, 0.25) is 0 Å². The molecular formula is C17H23IN4S. The molecule has 4 nitrogen and oxygen atoms in total. The number of thiazole rings is 1. The van der Waals surface area contributed by atoms with Gasteiger partial charge in [0.25, 0.3) is 0 Å². The molecule has 0 amide bonds. The van der Waals surface area contributed by atoms with E-state index in [1.54, 1.807) is 11.3 Å². The molecule has 3 rings (SSSR count). The second kappa shape index (κ2) is 8.63. The van der Waals surface area contributed by atoms with Crippen molar-refractivity contribution >= 4 is 41.3 Å². The molecule has 1 aliphatic heterocycles. The lowest BCUT2D eigenvalue weighted by Gasteiger charge is -2.30. The largest absolute Gasteiger partial charge is 0.370 e. The van der Waals surface area contributed by atoms with Gasteiger partial charge in [0, 0.05) is 24.0 Å². The van der Waals surface area contributed by atoms with Crippen molar-refractivity contribution in [2.75, 3.05) is 13.1 Å². The molecule has 0 saturated carbocycles. The van der Waals surface area contributed by atoms with Crippen molar-refractivity contribution in [1.29, 1.82) is 0 Å². The first-order valence-electron chi connectivity index (χ1n) is 7.77. The number of piperidine rings is 1. The van der Waals surface area contributed by atoms with Crippen molar-refractivity contribution in [3.63, 3.8) is 0 Å². The number of aliphatic imine (C=N–C) groups is 1. The second-order valence-electron chi connectivity index (χ2n) is 5.85. The fourth-order valence-corrected chi connectivity index (χ4v) is 3.41. The van der Waals surface area contributed by atoms with Crippen molar-refractivity contribution in [3.05, 3.63) is 41.4 Å². The summed E-state index contributed by atoms with van der Waals surface area (Å²) in [5.41, 5.74) is 8.25. The minimum absolute atomic E-state index is 0. The average molecular weight is 442 g/mol. The molecule has 0 unspecified atom stereocenters. The Bertz CT molecular complexity index is 633. The van der Waals surface area contributed by atoms with Crippen LogP contribution in [0.2, 0.25) is 0 Å². The molecule has 23 heavy (non-hydrogen) atoms. The first-order chi connectivity index (χ1) is 10.7. The first kappa shape index (κ1) is 18.2. The number of hydrogen-bond acceptors (Lipinski definition) is 3. The van der Waals surface area contributed by atoms with E-state index < -0.39 is 0 Å². The summed E-state index contributed by atoms with van der Waals surface area (Å²) in [5.74, 6) is 1.46. The first-order valence-corrected chi connectivity index (χ1v) is 8.65. The number of hydrogen-bond donors (Lipinski definition) is 1. The Labute approximate surface area is 158 Å². The average Bonchev–Trinajstić information content (AvgIpc) is 3.03. The lowest BCUT2D eigenvalue weighted by molar-refractivity contribution is 0.277. The maximum absolute atomic E-state index is 6.11. The second-order valence-corrected chi connectivity index (χ2v) is 6.71. The van der Waals surface area contributed by atoms with Gasteiger partial charge in [-0.2, -0.15) is 0 Å². The fourth-order valence-electron chi connectivity index (χ4n) is 2.59. The highest BCUT2D eigenvalue weighted by atomic mass is 127. The standard InChI is InChI=1S/C17H22N4S.HI/c1-13-7-9-21(10-8-13)17(18)19-11-15-12-22-16(20-15)14-5-3-2-4-6-14;/h2-6,12-13H,7-11H2,1H3,(H2,18,19);1H. The van der Waals surface area contributed by atoms with Crippen LogP contribution in [0.15, 0.2) is 40.7 Å². The van der Waals surface area contributed by atoms with E-state index in [9.17, 15) is 0 Å². The van der Waals surface area contributed by atoms with E-state index in [0.717, 1.165) is 35.3 Å². The maximum Gasteiger partial charge on any atom is 0.191 e. The van der Waals surface area contributed by atoms with Crippen molar-refractivity contribution in [3.8, 4) is 10.6 Å². The lowest BCUT2D eigenvalue weighted by Crippen LogP contribution is -2.42. The highest BCUT2D eigenvalue weighted by Gasteiger charge is 2.16. The zero-order chi connectivity index (χ0) is 15.4. The third kappa shape index (κ3) is 4.91. The van der Waals surface area contributed by atoms with E-state index in [1.807, 2.05) is 18.2 Å². The monoisotopic (exact) mass is 442 g/mol. The quantitative estimate of drug-likeness (QED) is 0.445. The molecule has 124 valence electrons. The van der Waals surface area contributed by atoms with Gasteiger partial charge in [-0.25, -0.2) is 9.98 Å². The number of benzene rings is 1. The molecular weight excluding hydrogens is 419 g/mol. The van der Waals surface area contributed by atoms with Gasteiger partial charge < -0.3 is 10.6 Å². The summed E-state index contributed by atoms with van der Waals surface area (Å²) in [4.78, 5) is 11.3. The molecule has 0 bridgehead atoms. The summed E-state index contributed by atoms with van der Waals surface area (Å²) < 4.78 is 0. The summed E-state index contributed by atoms with van der Waals surface area (Å²) in [5, 5.41) is 3.10. The molecule has 0 aliphatic carbocycles. The number of nitrogens with zero attached hydrogens (tertiary/aromatic N) is 3. The minimum Gasteiger partial charge on any atom is -0.370 e. The zero-order valence-electron chi connectivity index (χ0n) is 13.3. The van der Waals surface area contributed by atoms with Crippen molar-refractivity contribution < 1.29 is 0 Å². The van der Waals surface area contributed by atoms with Crippen LogP contribution in [0.4, 0.5) is 0 Å². The van der Waals surface area contributed by atoms with Crippen LogP contribution >= 0.6 is 35.3 Å². The number of rotatable bonds is 3. The van der Waals surface area contributed by atoms with Crippen LogP contribution in [0.25, 0.3) is 10.6 Å². The Morgan fingerprint density at radius 1 is 1.30 bits per heavy atom. The summed E-state index contributed by atoms with van der Waals surface area (Å²) in [6.07, 6.45) is 2.40. The predicted molar refractivity (Wildman–Crippen MR) is 108 cm³/mol. The van der Waals surface area contributed by atoms with E-state index in [0.29, 0.717) is 12.5 Å². The van der Waals surface area contributed by atoms with E-state index in [-0.39, 0.29) is 24.0 Å². The summed E-state index contributed by atoms with van der Waals surface area (Å²) >= 11 is 1.66. The van der Waals surface area contributed by atoms with E-state index >= 15 is 0 Å². The number of halogens is 1. The Morgan fingerprint density at radius 3 is 2.70 bits per heavy atom. The van der Waals surface area contributed by atoms with Gasteiger partial charge >= 0.3 is 0 Å². The van der Waals surface area contributed by atoms with Gasteiger partial charge in [-0.15, -0.1) is 35.3 Å². The summed E-state index contributed by atoms with van der Waals surface area (Å²) in [7, 11) is 0. The Kier molecular flexibility index (Phi) is 6.83. The number of nitrogens with two attached hydrogens (primary N) is 1. The van der Waals surface area contributed by atoms with Crippen LogP contribution in [-0.4, -0.2) is 28.9 Å². The van der Waals surface area contributed by atoms with Crippen LogP contribution in [-0.2, 0) is 6.54 Å². The molecule has 2 N–H and O–H groups in total. The molecule has 0 spiro atoms. The number of guanidine groups is 1. The summed E-state index contributed by atoms with van der Waals surface area (Å²) in [6, 6.07) is 10.2. The summed E-state index contributed by atoms with van der Waals surface area (Å²) in [6.45, 7) is 4.89. The van der Waals surface area contributed by atoms with Gasteiger partial charge in [0.05, 0.1) is 12.2 Å². The van der Waals surface area contributed by atoms with Crippen LogP contribution < -0.4 is 5.73 Å². The topological polar surface area (TPSA) is 54.5 Å². The molecule has 1 aromatic heterocycles. The molecule has 1 aliphatic rings. The maximum atomic E-state index is 6.11. The predicted octanol–water partition coefficient (Wildman–Crippen LogP) is 3.97. The van der Waals surface area contributed by atoms with Gasteiger partial charge in [0.15, 0.2) is 5.96 Å². The third-order valence-electron chi connectivity index (χ3n) is 4.08. The molecule has 0 atom stereocenters. The molecule has 0 radical (unpaired) electrons. The van der Waals surface area contributed by atoms with Gasteiger partial charge in [-0.1, -0.05) is 37.3 Å². The van der Waals surface area contributed by atoms with E-state index in [2.05, 4.69) is 39.3 Å². The van der Waals surface area contributed by atoms with Gasteiger partial charge in [-0.3, -0.25) is 0 Å². The Balaban J connectivity index is 0.00000192. The molecule has 1 fully saturated rings. The van der Waals surface area contributed by atoms with Crippen molar-refractivity contribution in [1.82, 2.24) is 9.88 Å². The highest BCUT2D eigenvalue weighted by Crippen LogP contribution is 2.23. The van der Waals surface area contributed by atoms with Crippen LogP contribution in [0.5, 0.6) is 0 Å². The van der Waals surface area contributed by atoms with E-state index in [4.69, 9.17) is 5.73 Å². The molecule has 2 aromatic rings. The smallest absolute Gasteiger partial charge is 0.191 e. The molecule has 1 aromatic carbocycles. The Hall–Kier alpha value is -1.15. The minimum atomic E-state index is 0. The Morgan fingerprint density at radius 2 is 2.00 bits per heavy atom. The molecule has 6 heteroatoms. The normalized spacial score (nSPS) is 16.2.